The van der Waals surface area contributed by atoms with Crippen LogP contribution in [0, 0.1) is 6.92 Å². The van der Waals surface area contributed by atoms with Crippen LogP contribution < -0.4 is 5.32 Å². The average Bonchev–Trinajstić information content (AvgIpc) is 2.48. The number of hydrogen-bond acceptors (Lipinski definition) is 2. The van der Waals surface area contributed by atoms with Crippen LogP contribution >= 0.6 is 11.6 Å². The average molecular weight is 309 g/mol. The second-order valence-corrected chi connectivity index (χ2v) is 6.52. The molecule has 1 aromatic rings. The standard InChI is InChI=1S/C17H25ClN2O/c1-12(2)20(11-14-7-4-5-10-19-14)17(21)15-8-6-9-16(18)13(15)3/h6,8-9,12,14,19H,4-5,7,10-11H2,1-3H3. The highest BCUT2D eigenvalue weighted by Gasteiger charge is 2.24. The summed E-state index contributed by atoms with van der Waals surface area (Å²) in [6.07, 6.45) is 3.62. The number of amides is 1. The summed E-state index contributed by atoms with van der Waals surface area (Å²) in [6, 6.07) is 6.13. The predicted octanol–water partition coefficient (Wildman–Crippen LogP) is 3.64. The van der Waals surface area contributed by atoms with Gasteiger partial charge in [0.2, 0.25) is 0 Å². The summed E-state index contributed by atoms with van der Waals surface area (Å²) in [6.45, 7) is 7.87. The number of piperidine rings is 1. The first-order valence-corrected chi connectivity index (χ1v) is 8.18. The van der Waals surface area contributed by atoms with Gasteiger partial charge in [0.15, 0.2) is 0 Å². The third kappa shape index (κ3) is 3.98. The van der Waals surface area contributed by atoms with Gasteiger partial charge in [-0.05, 0) is 57.9 Å². The van der Waals surface area contributed by atoms with Crippen LogP contribution in [0.15, 0.2) is 18.2 Å². The highest BCUT2D eigenvalue weighted by molar-refractivity contribution is 6.31. The van der Waals surface area contributed by atoms with Crippen molar-refractivity contribution >= 4 is 17.5 Å². The van der Waals surface area contributed by atoms with Crippen LogP contribution in [0.4, 0.5) is 0 Å². The second kappa shape index (κ2) is 7.28. The first kappa shape index (κ1) is 16.3. The largest absolute Gasteiger partial charge is 0.335 e. The lowest BCUT2D eigenvalue weighted by molar-refractivity contribution is 0.0676. The molecule has 1 amide bonds. The Morgan fingerprint density at radius 3 is 2.81 bits per heavy atom. The first-order valence-electron chi connectivity index (χ1n) is 7.80. The molecule has 1 aliphatic heterocycles. The molecule has 21 heavy (non-hydrogen) atoms. The number of halogens is 1. The molecule has 0 aromatic heterocycles. The molecule has 1 aliphatic rings. The Kier molecular flexibility index (Phi) is 5.65. The fourth-order valence-electron chi connectivity index (χ4n) is 2.84. The topological polar surface area (TPSA) is 32.3 Å². The Bertz CT molecular complexity index is 496. The lowest BCUT2D eigenvalue weighted by Gasteiger charge is -2.33. The summed E-state index contributed by atoms with van der Waals surface area (Å²) in [4.78, 5) is 14.8. The van der Waals surface area contributed by atoms with E-state index in [-0.39, 0.29) is 11.9 Å². The summed E-state index contributed by atoms with van der Waals surface area (Å²) in [5.74, 6) is 0.0809. The molecule has 1 aromatic carbocycles. The van der Waals surface area contributed by atoms with Crippen LogP contribution in [-0.4, -0.2) is 36.0 Å². The van der Waals surface area contributed by atoms with Crippen LogP contribution in [-0.2, 0) is 0 Å². The summed E-state index contributed by atoms with van der Waals surface area (Å²) in [5.41, 5.74) is 1.58. The number of nitrogens with one attached hydrogen (secondary N) is 1. The molecule has 0 radical (unpaired) electrons. The second-order valence-electron chi connectivity index (χ2n) is 6.11. The van der Waals surface area contributed by atoms with E-state index in [1.54, 1.807) is 0 Å². The number of carbonyl (C=O) groups is 1. The lowest BCUT2D eigenvalue weighted by Crippen LogP contribution is -2.48. The zero-order valence-corrected chi connectivity index (χ0v) is 13.9. The molecule has 4 heteroatoms. The number of carbonyl (C=O) groups excluding carboxylic acids is 1. The quantitative estimate of drug-likeness (QED) is 0.921. The Balaban J connectivity index is 2.17. The van der Waals surface area contributed by atoms with E-state index in [1.807, 2.05) is 30.0 Å². The molecule has 2 rings (SSSR count). The van der Waals surface area contributed by atoms with Crippen molar-refractivity contribution < 1.29 is 4.79 Å². The van der Waals surface area contributed by atoms with Gasteiger partial charge in [-0.15, -0.1) is 0 Å². The van der Waals surface area contributed by atoms with Gasteiger partial charge in [-0.1, -0.05) is 24.1 Å². The monoisotopic (exact) mass is 308 g/mol. The summed E-state index contributed by atoms with van der Waals surface area (Å²) < 4.78 is 0. The smallest absolute Gasteiger partial charge is 0.254 e. The molecule has 0 aliphatic carbocycles. The van der Waals surface area contributed by atoms with Crippen molar-refractivity contribution in [3.05, 3.63) is 34.3 Å². The van der Waals surface area contributed by atoms with Gasteiger partial charge in [0.05, 0.1) is 0 Å². The van der Waals surface area contributed by atoms with Gasteiger partial charge in [0.25, 0.3) is 5.91 Å². The molecule has 1 heterocycles. The Morgan fingerprint density at radius 1 is 1.43 bits per heavy atom. The van der Waals surface area contributed by atoms with E-state index >= 15 is 0 Å². The highest BCUT2D eigenvalue weighted by atomic mass is 35.5. The van der Waals surface area contributed by atoms with Crippen molar-refractivity contribution in [3.8, 4) is 0 Å². The Morgan fingerprint density at radius 2 is 2.19 bits per heavy atom. The van der Waals surface area contributed by atoms with E-state index in [0.29, 0.717) is 16.6 Å². The predicted molar refractivity (Wildman–Crippen MR) is 88.0 cm³/mol. The van der Waals surface area contributed by atoms with Crippen LogP contribution in [0.3, 0.4) is 0 Å². The van der Waals surface area contributed by atoms with Crippen LogP contribution in [0.25, 0.3) is 0 Å². The number of benzene rings is 1. The zero-order valence-electron chi connectivity index (χ0n) is 13.2. The van der Waals surface area contributed by atoms with Crippen molar-refractivity contribution in [1.82, 2.24) is 10.2 Å². The minimum atomic E-state index is 0.0809. The van der Waals surface area contributed by atoms with E-state index in [2.05, 4.69) is 19.2 Å². The van der Waals surface area contributed by atoms with Gasteiger partial charge in [-0.25, -0.2) is 0 Å². The molecule has 1 unspecified atom stereocenters. The van der Waals surface area contributed by atoms with Crippen LogP contribution in [0.1, 0.15) is 49.0 Å². The molecule has 0 spiro atoms. The molecule has 1 atom stereocenters. The van der Waals surface area contributed by atoms with E-state index in [9.17, 15) is 4.79 Å². The van der Waals surface area contributed by atoms with Gasteiger partial charge >= 0.3 is 0 Å². The minimum absolute atomic E-state index is 0.0809. The Hall–Kier alpha value is -1.06. The SMILES string of the molecule is Cc1c(Cl)cccc1C(=O)N(CC1CCCCN1)C(C)C. The molecule has 3 nitrogen and oxygen atoms in total. The molecule has 1 saturated heterocycles. The van der Waals surface area contributed by atoms with Crippen molar-refractivity contribution in [3.63, 3.8) is 0 Å². The molecular weight excluding hydrogens is 284 g/mol. The number of hydrogen-bond donors (Lipinski definition) is 1. The highest BCUT2D eigenvalue weighted by Crippen LogP contribution is 2.21. The lowest BCUT2D eigenvalue weighted by atomic mass is 10.0. The van der Waals surface area contributed by atoms with Gasteiger partial charge in [-0.3, -0.25) is 4.79 Å². The van der Waals surface area contributed by atoms with Crippen LogP contribution in [0.2, 0.25) is 5.02 Å². The van der Waals surface area contributed by atoms with Crippen molar-refractivity contribution in [2.24, 2.45) is 0 Å². The molecule has 116 valence electrons. The van der Waals surface area contributed by atoms with E-state index in [1.165, 1.54) is 12.8 Å². The zero-order chi connectivity index (χ0) is 15.4. The van der Waals surface area contributed by atoms with Crippen molar-refractivity contribution in [2.45, 2.75) is 52.1 Å². The fourth-order valence-corrected chi connectivity index (χ4v) is 3.01. The Labute approximate surface area is 132 Å². The normalized spacial score (nSPS) is 18.8. The van der Waals surface area contributed by atoms with Gasteiger partial charge in [0, 0.05) is 29.2 Å². The van der Waals surface area contributed by atoms with Gasteiger partial charge in [0.1, 0.15) is 0 Å². The maximum absolute atomic E-state index is 12.9. The molecule has 0 bridgehead atoms. The molecule has 0 saturated carbocycles. The maximum Gasteiger partial charge on any atom is 0.254 e. The van der Waals surface area contributed by atoms with Gasteiger partial charge < -0.3 is 10.2 Å². The van der Waals surface area contributed by atoms with Crippen molar-refractivity contribution in [1.29, 1.82) is 0 Å². The van der Waals surface area contributed by atoms with Crippen LogP contribution in [0.5, 0.6) is 0 Å². The first-order chi connectivity index (χ1) is 10.0. The molecular formula is C17H25ClN2O. The number of nitrogens with zero attached hydrogens (tertiary/aromatic N) is 1. The third-order valence-electron chi connectivity index (χ3n) is 4.21. The maximum atomic E-state index is 12.9. The van der Waals surface area contributed by atoms with E-state index in [4.69, 9.17) is 11.6 Å². The summed E-state index contributed by atoms with van der Waals surface area (Å²) >= 11 is 6.15. The third-order valence-corrected chi connectivity index (χ3v) is 4.62. The van der Waals surface area contributed by atoms with E-state index < -0.39 is 0 Å². The van der Waals surface area contributed by atoms with E-state index in [0.717, 1.165) is 25.1 Å². The minimum Gasteiger partial charge on any atom is -0.335 e. The van der Waals surface area contributed by atoms with Gasteiger partial charge in [-0.2, -0.15) is 0 Å². The fraction of sp³-hybridized carbons (Fsp3) is 0.588. The number of rotatable bonds is 4. The molecule has 1 N–H and O–H groups in total. The molecule has 1 fully saturated rings. The summed E-state index contributed by atoms with van der Waals surface area (Å²) in [5, 5.41) is 4.17. The summed E-state index contributed by atoms with van der Waals surface area (Å²) in [7, 11) is 0. The van der Waals surface area contributed by atoms with Crippen molar-refractivity contribution in [2.75, 3.05) is 13.1 Å².